The maximum absolute atomic E-state index is 13.6. The Morgan fingerprint density at radius 2 is 1.61 bits per heavy atom. The molecule has 0 aliphatic heterocycles. The fourth-order valence-corrected chi connectivity index (χ4v) is 2.59. The van der Waals surface area contributed by atoms with Gasteiger partial charge in [-0.05, 0) is 51.1 Å². The van der Waals surface area contributed by atoms with Crippen LogP contribution in [0.1, 0.15) is 31.1 Å². The third-order valence-corrected chi connectivity index (χ3v) is 4.16. The lowest BCUT2D eigenvalue weighted by Gasteiger charge is -2.15. The molecule has 1 atom stereocenters. The molecule has 2 N–H and O–H groups in total. The molecule has 0 fully saturated rings. The van der Waals surface area contributed by atoms with Gasteiger partial charge in [0.2, 0.25) is 5.91 Å². The largest absolute Gasteiger partial charge is 0.490 e. The van der Waals surface area contributed by atoms with Gasteiger partial charge >= 0.3 is 5.97 Å². The van der Waals surface area contributed by atoms with Gasteiger partial charge in [-0.3, -0.25) is 9.59 Å². The summed E-state index contributed by atoms with van der Waals surface area (Å²) >= 11 is 0. The van der Waals surface area contributed by atoms with Crippen molar-refractivity contribution in [3.8, 4) is 11.5 Å². The van der Waals surface area contributed by atoms with Crippen molar-refractivity contribution in [2.75, 3.05) is 25.1 Å². The van der Waals surface area contributed by atoms with Crippen LogP contribution >= 0.6 is 0 Å². The van der Waals surface area contributed by atoms with Crippen molar-refractivity contribution in [3.63, 3.8) is 0 Å². The average molecular weight is 468 g/mol. The van der Waals surface area contributed by atoms with Crippen molar-refractivity contribution < 1.29 is 41.8 Å². The molecular formula is C22H23F3N2O6. The number of hydrogen-bond donors (Lipinski definition) is 2. The van der Waals surface area contributed by atoms with E-state index in [2.05, 4.69) is 5.32 Å². The second-order valence-electron chi connectivity index (χ2n) is 6.56. The van der Waals surface area contributed by atoms with Gasteiger partial charge in [-0.15, -0.1) is 0 Å². The van der Waals surface area contributed by atoms with E-state index in [-0.39, 0.29) is 5.56 Å². The number of hydrogen-bond acceptors (Lipinski definition) is 6. The van der Waals surface area contributed by atoms with Gasteiger partial charge in [-0.25, -0.2) is 18.0 Å². The Balaban J connectivity index is 1.92. The first-order valence-corrected chi connectivity index (χ1v) is 9.99. The van der Waals surface area contributed by atoms with Crippen molar-refractivity contribution in [2.24, 2.45) is 0 Å². The number of rotatable bonds is 10. The lowest BCUT2D eigenvalue weighted by atomic mass is 10.2. The Kier molecular flexibility index (Phi) is 9.08. The number of carbonyl (C=O) groups is 3. The summed E-state index contributed by atoms with van der Waals surface area (Å²) in [5, 5.41) is 4.20. The Bertz CT molecular complexity index is 1030. The lowest BCUT2D eigenvalue weighted by molar-refractivity contribution is -0.130. The minimum Gasteiger partial charge on any atom is -0.490 e. The van der Waals surface area contributed by atoms with Gasteiger partial charge in [0, 0.05) is 0 Å². The normalized spacial score (nSPS) is 11.3. The molecule has 0 saturated carbocycles. The molecule has 2 amide bonds. The standard InChI is InChI=1S/C22H23F3N2O6/c1-4-31-16-9-6-13(10-17(16)32-5-2)22(30)33-12(3)21(29)26-11-18(28)27-15-8-7-14(23)19(24)20(15)25/h6-10,12H,4-5,11H2,1-3H3,(H,26,29)(H,27,28). The Morgan fingerprint density at radius 3 is 2.27 bits per heavy atom. The van der Waals surface area contributed by atoms with Crippen LogP contribution in [-0.4, -0.2) is 43.6 Å². The molecule has 178 valence electrons. The highest BCUT2D eigenvalue weighted by atomic mass is 19.2. The minimum atomic E-state index is -1.74. The van der Waals surface area contributed by atoms with Crippen LogP contribution in [0.5, 0.6) is 11.5 Å². The molecule has 11 heteroatoms. The second-order valence-corrected chi connectivity index (χ2v) is 6.56. The van der Waals surface area contributed by atoms with Crippen LogP contribution in [0.25, 0.3) is 0 Å². The van der Waals surface area contributed by atoms with E-state index in [0.717, 1.165) is 6.07 Å². The number of benzene rings is 2. The average Bonchev–Trinajstić information content (AvgIpc) is 2.79. The smallest absolute Gasteiger partial charge is 0.339 e. The first-order valence-electron chi connectivity index (χ1n) is 9.99. The van der Waals surface area contributed by atoms with Gasteiger partial charge in [0.05, 0.1) is 31.0 Å². The Labute approximate surface area is 188 Å². The fourth-order valence-electron chi connectivity index (χ4n) is 2.59. The molecular weight excluding hydrogens is 445 g/mol. The van der Waals surface area contributed by atoms with Gasteiger partial charge in [0.15, 0.2) is 35.1 Å². The zero-order chi connectivity index (χ0) is 24.5. The van der Waals surface area contributed by atoms with Crippen molar-refractivity contribution in [1.29, 1.82) is 0 Å². The summed E-state index contributed by atoms with van der Waals surface area (Å²) in [6, 6.07) is 5.89. The summed E-state index contributed by atoms with van der Waals surface area (Å²) < 4.78 is 55.7. The van der Waals surface area contributed by atoms with E-state index in [0.29, 0.717) is 30.8 Å². The van der Waals surface area contributed by atoms with Crippen LogP contribution in [0.2, 0.25) is 0 Å². The summed E-state index contributed by atoms with van der Waals surface area (Å²) in [4.78, 5) is 36.4. The number of halogens is 3. The highest BCUT2D eigenvalue weighted by Gasteiger charge is 2.21. The molecule has 2 rings (SSSR count). The van der Waals surface area contributed by atoms with Crippen LogP contribution in [0, 0.1) is 17.5 Å². The maximum atomic E-state index is 13.6. The molecule has 2 aromatic carbocycles. The number of anilines is 1. The summed E-state index contributed by atoms with van der Waals surface area (Å²) in [7, 11) is 0. The summed E-state index contributed by atoms with van der Waals surface area (Å²) in [5.41, 5.74) is -0.471. The zero-order valence-electron chi connectivity index (χ0n) is 18.2. The molecule has 0 aromatic heterocycles. The van der Waals surface area contributed by atoms with Crippen LogP contribution < -0.4 is 20.1 Å². The molecule has 0 bridgehead atoms. The summed E-state index contributed by atoms with van der Waals surface area (Å²) in [6.07, 6.45) is -1.27. The Hall–Kier alpha value is -3.76. The first kappa shape index (κ1) is 25.5. The lowest BCUT2D eigenvalue weighted by Crippen LogP contribution is -2.40. The molecule has 0 radical (unpaired) electrons. The van der Waals surface area contributed by atoms with Crippen LogP contribution in [0.4, 0.5) is 18.9 Å². The van der Waals surface area contributed by atoms with Crippen molar-refractivity contribution in [3.05, 3.63) is 53.3 Å². The van der Waals surface area contributed by atoms with E-state index >= 15 is 0 Å². The number of amides is 2. The quantitative estimate of drug-likeness (QED) is 0.410. The highest BCUT2D eigenvalue weighted by Crippen LogP contribution is 2.29. The summed E-state index contributed by atoms with van der Waals surface area (Å²) in [6.45, 7) is 4.97. The van der Waals surface area contributed by atoms with Gasteiger partial charge in [-0.1, -0.05) is 0 Å². The molecule has 0 spiro atoms. The molecule has 1 unspecified atom stereocenters. The molecule has 0 aliphatic rings. The van der Waals surface area contributed by atoms with Gasteiger partial charge in [0.1, 0.15) is 0 Å². The molecule has 8 nitrogen and oxygen atoms in total. The predicted molar refractivity (Wildman–Crippen MR) is 112 cm³/mol. The van der Waals surface area contributed by atoms with E-state index in [1.165, 1.54) is 25.1 Å². The highest BCUT2D eigenvalue weighted by molar-refractivity contribution is 5.96. The van der Waals surface area contributed by atoms with E-state index in [1.54, 1.807) is 13.8 Å². The fraction of sp³-hybridized carbons (Fsp3) is 0.318. The zero-order valence-corrected chi connectivity index (χ0v) is 18.2. The van der Waals surface area contributed by atoms with E-state index < -0.39 is 53.6 Å². The summed E-state index contributed by atoms with van der Waals surface area (Å²) in [5.74, 6) is -6.44. The van der Waals surface area contributed by atoms with Crippen molar-refractivity contribution in [2.45, 2.75) is 26.9 Å². The van der Waals surface area contributed by atoms with E-state index in [9.17, 15) is 27.6 Å². The minimum absolute atomic E-state index is 0.119. The van der Waals surface area contributed by atoms with Gasteiger partial charge < -0.3 is 24.8 Å². The van der Waals surface area contributed by atoms with E-state index in [1.807, 2.05) is 5.32 Å². The molecule has 0 aliphatic carbocycles. The Morgan fingerprint density at radius 1 is 0.939 bits per heavy atom. The third-order valence-electron chi connectivity index (χ3n) is 4.16. The number of nitrogens with one attached hydrogen (secondary N) is 2. The molecule has 33 heavy (non-hydrogen) atoms. The number of ether oxygens (including phenoxy) is 3. The first-order chi connectivity index (χ1) is 15.7. The van der Waals surface area contributed by atoms with E-state index in [4.69, 9.17) is 14.2 Å². The van der Waals surface area contributed by atoms with Gasteiger partial charge in [-0.2, -0.15) is 0 Å². The number of esters is 1. The second kappa shape index (κ2) is 11.7. The molecule has 0 heterocycles. The molecule has 0 saturated heterocycles. The van der Waals surface area contributed by atoms with Crippen molar-refractivity contribution in [1.82, 2.24) is 5.32 Å². The van der Waals surface area contributed by atoms with Crippen LogP contribution in [0.3, 0.4) is 0 Å². The number of carbonyl (C=O) groups excluding carboxylic acids is 3. The van der Waals surface area contributed by atoms with Crippen LogP contribution in [0.15, 0.2) is 30.3 Å². The topological polar surface area (TPSA) is 103 Å². The third kappa shape index (κ3) is 6.86. The van der Waals surface area contributed by atoms with Crippen LogP contribution in [-0.2, 0) is 14.3 Å². The monoisotopic (exact) mass is 468 g/mol. The van der Waals surface area contributed by atoms with Gasteiger partial charge in [0.25, 0.3) is 5.91 Å². The SMILES string of the molecule is CCOc1ccc(C(=O)OC(C)C(=O)NCC(=O)Nc2ccc(F)c(F)c2F)cc1OCC. The predicted octanol–water partition coefficient (Wildman–Crippen LogP) is 3.20. The van der Waals surface area contributed by atoms with Crippen molar-refractivity contribution >= 4 is 23.5 Å². The maximum Gasteiger partial charge on any atom is 0.339 e. The molecule has 2 aromatic rings.